The number of hydrogen-bond acceptors (Lipinski definition) is 6. The highest BCUT2D eigenvalue weighted by Crippen LogP contribution is 2.15. The van der Waals surface area contributed by atoms with E-state index in [1.807, 2.05) is 4.90 Å². The molecule has 0 aliphatic carbocycles. The van der Waals surface area contributed by atoms with Crippen molar-refractivity contribution in [2.75, 3.05) is 24.5 Å². The number of carboxylic acids is 1. The van der Waals surface area contributed by atoms with Crippen molar-refractivity contribution >= 4 is 17.8 Å². The predicted molar refractivity (Wildman–Crippen MR) is 74.1 cm³/mol. The fraction of sp³-hybridized carbons (Fsp3) is 0.538. The van der Waals surface area contributed by atoms with Gasteiger partial charge in [-0.15, -0.1) is 0 Å². The zero-order valence-corrected chi connectivity index (χ0v) is 11.7. The van der Waals surface area contributed by atoms with E-state index in [2.05, 4.69) is 15.3 Å². The van der Waals surface area contributed by atoms with E-state index < -0.39 is 24.0 Å². The standard InChI is InChI=1S/C13H18N4O4/c1-13(21,11(19)20)8-15-10(18)9-4-5-14-12(16-9)17-6-2-3-7-17/h4-5,21H,2-3,6-8H2,1H3,(H,15,18)(H,19,20). The summed E-state index contributed by atoms with van der Waals surface area (Å²) in [4.78, 5) is 33.0. The van der Waals surface area contributed by atoms with E-state index in [-0.39, 0.29) is 5.69 Å². The Morgan fingerprint density at radius 3 is 2.71 bits per heavy atom. The minimum atomic E-state index is -2.01. The van der Waals surface area contributed by atoms with Gasteiger partial charge in [0.05, 0.1) is 6.54 Å². The first-order valence-corrected chi connectivity index (χ1v) is 6.72. The van der Waals surface area contributed by atoms with E-state index in [1.165, 1.54) is 12.3 Å². The molecule has 0 saturated carbocycles. The van der Waals surface area contributed by atoms with Gasteiger partial charge in [0.2, 0.25) is 5.95 Å². The average molecular weight is 294 g/mol. The lowest BCUT2D eigenvalue weighted by Gasteiger charge is -2.18. The lowest BCUT2D eigenvalue weighted by atomic mass is 10.1. The van der Waals surface area contributed by atoms with Gasteiger partial charge in [0.1, 0.15) is 5.69 Å². The van der Waals surface area contributed by atoms with Crippen LogP contribution in [0.3, 0.4) is 0 Å². The molecule has 8 heteroatoms. The highest BCUT2D eigenvalue weighted by Gasteiger charge is 2.30. The first kappa shape index (κ1) is 15.2. The van der Waals surface area contributed by atoms with E-state index in [1.54, 1.807) is 0 Å². The summed E-state index contributed by atoms with van der Waals surface area (Å²) in [7, 11) is 0. The number of aliphatic carboxylic acids is 1. The van der Waals surface area contributed by atoms with Crippen molar-refractivity contribution in [2.24, 2.45) is 0 Å². The number of hydrogen-bond donors (Lipinski definition) is 3. The highest BCUT2D eigenvalue weighted by atomic mass is 16.4. The third-order valence-electron chi connectivity index (χ3n) is 3.32. The van der Waals surface area contributed by atoms with Crippen LogP contribution in [0.15, 0.2) is 12.3 Å². The Morgan fingerprint density at radius 2 is 2.10 bits per heavy atom. The van der Waals surface area contributed by atoms with Gasteiger partial charge in [0.15, 0.2) is 5.60 Å². The Morgan fingerprint density at radius 1 is 1.43 bits per heavy atom. The van der Waals surface area contributed by atoms with Crippen molar-refractivity contribution in [3.63, 3.8) is 0 Å². The van der Waals surface area contributed by atoms with Crippen molar-refractivity contribution in [1.82, 2.24) is 15.3 Å². The molecule has 1 amide bonds. The van der Waals surface area contributed by atoms with Crippen LogP contribution in [0.25, 0.3) is 0 Å². The topological polar surface area (TPSA) is 116 Å². The summed E-state index contributed by atoms with van der Waals surface area (Å²) in [6, 6.07) is 1.45. The van der Waals surface area contributed by atoms with Crippen LogP contribution >= 0.6 is 0 Å². The molecule has 3 N–H and O–H groups in total. The average Bonchev–Trinajstić information content (AvgIpc) is 2.99. The number of aliphatic hydroxyl groups is 1. The van der Waals surface area contributed by atoms with Crippen LogP contribution in [0.4, 0.5) is 5.95 Å². The molecule has 0 radical (unpaired) electrons. The van der Waals surface area contributed by atoms with Gasteiger partial charge in [-0.1, -0.05) is 0 Å². The molecule has 0 bridgehead atoms. The smallest absolute Gasteiger partial charge is 0.337 e. The monoisotopic (exact) mass is 294 g/mol. The zero-order valence-electron chi connectivity index (χ0n) is 11.7. The second-order valence-electron chi connectivity index (χ2n) is 5.20. The first-order chi connectivity index (χ1) is 9.90. The normalized spacial score (nSPS) is 17.3. The molecule has 1 saturated heterocycles. The minimum Gasteiger partial charge on any atom is -0.479 e. The number of carbonyl (C=O) groups excluding carboxylic acids is 1. The molecule has 1 aliphatic rings. The Bertz CT molecular complexity index is 541. The largest absolute Gasteiger partial charge is 0.479 e. The van der Waals surface area contributed by atoms with Gasteiger partial charge < -0.3 is 20.4 Å². The second-order valence-corrected chi connectivity index (χ2v) is 5.20. The van der Waals surface area contributed by atoms with Gasteiger partial charge in [-0.25, -0.2) is 14.8 Å². The number of nitrogens with one attached hydrogen (secondary N) is 1. The molecular weight excluding hydrogens is 276 g/mol. The second kappa shape index (κ2) is 6.04. The molecule has 1 aliphatic heterocycles. The zero-order chi connectivity index (χ0) is 15.5. The molecule has 0 spiro atoms. The summed E-state index contributed by atoms with van der Waals surface area (Å²) in [6.07, 6.45) is 3.63. The number of nitrogens with zero attached hydrogens (tertiary/aromatic N) is 3. The Hall–Kier alpha value is -2.22. The number of carbonyl (C=O) groups is 2. The SMILES string of the molecule is CC(O)(CNC(=O)c1ccnc(N2CCCC2)n1)C(=O)O. The molecule has 1 aromatic heterocycles. The first-order valence-electron chi connectivity index (χ1n) is 6.72. The maximum Gasteiger partial charge on any atom is 0.337 e. The van der Waals surface area contributed by atoms with Crippen molar-refractivity contribution in [3.05, 3.63) is 18.0 Å². The summed E-state index contributed by atoms with van der Waals surface area (Å²) in [5, 5.41) is 20.7. The van der Waals surface area contributed by atoms with Gasteiger partial charge in [0.25, 0.3) is 5.91 Å². The lowest BCUT2D eigenvalue weighted by Crippen LogP contribution is -2.46. The quantitative estimate of drug-likeness (QED) is 0.679. The van der Waals surface area contributed by atoms with E-state index in [4.69, 9.17) is 5.11 Å². The lowest BCUT2D eigenvalue weighted by molar-refractivity contribution is -0.155. The number of rotatable bonds is 5. The van der Waals surface area contributed by atoms with Crippen LogP contribution < -0.4 is 10.2 Å². The maximum atomic E-state index is 12.0. The van der Waals surface area contributed by atoms with Crippen LogP contribution in [-0.2, 0) is 4.79 Å². The van der Waals surface area contributed by atoms with Crippen molar-refractivity contribution in [2.45, 2.75) is 25.4 Å². The third-order valence-corrected chi connectivity index (χ3v) is 3.32. The molecular formula is C13H18N4O4. The fourth-order valence-corrected chi connectivity index (χ4v) is 1.96. The molecule has 1 fully saturated rings. The predicted octanol–water partition coefficient (Wildman–Crippen LogP) is -0.358. The van der Waals surface area contributed by atoms with Crippen molar-refractivity contribution in [1.29, 1.82) is 0 Å². The number of aromatic nitrogens is 2. The van der Waals surface area contributed by atoms with E-state index >= 15 is 0 Å². The van der Waals surface area contributed by atoms with Gasteiger partial charge >= 0.3 is 5.97 Å². The third kappa shape index (κ3) is 3.66. The summed E-state index contributed by atoms with van der Waals surface area (Å²) < 4.78 is 0. The van der Waals surface area contributed by atoms with Gasteiger partial charge in [-0.2, -0.15) is 0 Å². The number of amides is 1. The summed E-state index contributed by atoms with van der Waals surface area (Å²) in [5.41, 5.74) is -1.87. The molecule has 1 aromatic rings. The van der Waals surface area contributed by atoms with Crippen molar-refractivity contribution in [3.8, 4) is 0 Å². The number of anilines is 1. The van der Waals surface area contributed by atoms with Crippen LogP contribution in [0.5, 0.6) is 0 Å². The highest BCUT2D eigenvalue weighted by molar-refractivity contribution is 5.93. The van der Waals surface area contributed by atoms with Gasteiger partial charge in [0, 0.05) is 19.3 Å². The summed E-state index contributed by atoms with van der Waals surface area (Å²) in [5.74, 6) is -1.45. The molecule has 114 valence electrons. The van der Waals surface area contributed by atoms with Crippen LogP contribution in [0.1, 0.15) is 30.3 Å². The van der Waals surface area contributed by atoms with Crippen LogP contribution in [0, 0.1) is 0 Å². The molecule has 21 heavy (non-hydrogen) atoms. The Balaban J connectivity index is 2.02. The van der Waals surface area contributed by atoms with Crippen molar-refractivity contribution < 1.29 is 19.8 Å². The van der Waals surface area contributed by atoms with Gasteiger partial charge in [-0.05, 0) is 25.8 Å². The van der Waals surface area contributed by atoms with Crippen LogP contribution in [0.2, 0.25) is 0 Å². The molecule has 2 rings (SSSR count). The minimum absolute atomic E-state index is 0.146. The molecule has 1 atom stereocenters. The van der Waals surface area contributed by atoms with E-state index in [0.717, 1.165) is 32.9 Å². The van der Waals surface area contributed by atoms with Crippen LogP contribution in [-0.4, -0.2) is 57.3 Å². The molecule has 0 aromatic carbocycles. The maximum absolute atomic E-state index is 12.0. The van der Waals surface area contributed by atoms with E-state index in [9.17, 15) is 14.7 Å². The number of carboxylic acid groups (broad SMARTS) is 1. The Kier molecular flexibility index (Phi) is 4.37. The molecule has 8 nitrogen and oxygen atoms in total. The summed E-state index contributed by atoms with van der Waals surface area (Å²) >= 11 is 0. The molecule has 1 unspecified atom stereocenters. The fourth-order valence-electron chi connectivity index (χ4n) is 1.96. The van der Waals surface area contributed by atoms with Gasteiger partial charge in [-0.3, -0.25) is 4.79 Å². The molecule has 2 heterocycles. The van der Waals surface area contributed by atoms with E-state index in [0.29, 0.717) is 5.95 Å². The summed E-state index contributed by atoms with van der Waals surface area (Å²) in [6.45, 7) is 2.44. The Labute approximate surface area is 121 Å².